The number of hydrogen-bond donors (Lipinski definition) is 2. The topological polar surface area (TPSA) is 76.0 Å². The number of rotatable bonds is 5. The first-order chi connectivity index (χ1) is 12.9. The van der Waals surface area contributed by atoms with Crippen molar-refractivity contribution in [2.75, 3.05) is 10.6 Å². The molecule has 2 amide bonds. The summed E-state index contributed by atoms with van der Waals surface area (Å²) < 4.78 is 28.2. The van der Waals surface area contributed by atoms with Crippen LogP contribution in [0.4, 0.5) is 20.2 Å². The van der Waals surface area contributed by atoms with E-state index in [1.54, 1.807) is 43.6 Å². The van der Waals surface area contributed by atoms with E-state index >= 15 is 0 Å². The van der Waals surface area contributed by atoms with Crippen molar-refractivity contribution >= 4 is 23.2 Å². The van der Waals surface area contributed by atoms with Crippen LogP contribution in [0.3, 0.4) is 0 Å². The molecular weight excluding hydrogens is 354 g/mol. The fraction of sp³-hybridized carbons (Fsp3) is 0.105. The molecule has 3 rings (SSSR count). The number of aromatic nitrogens is 2. The second-order valence-electron chi connectivity index (χ2n) is 5.81. The summed E-state index contributed by atoms with van der Waals surface area (Å²) in [5, 5.41) is 9.27. The van der Waals surface area contributed by atoms with Crippen molar-refractivity contribution in [3.05, 3.63) is 78.1 Å². The maximum Gasteiger partial charge on any atom is 0.258 e. The summed E-state index contributed by atoms with van der Waals surface area (Å²) in [5.41, 5.74) is 0.530. The Morgan fingerprint density at radius 1 is 1.04 bits per heavy atom. The lowest BCUT2D eigenvalue weighted by Gasteiger charge is -2.13. The predicted octanol–water partition coefficient (Wildman–Crippen LogP) is 3.61. The van der Waals surface area contributed by atoms with Crippen molar-refractivity contribution in [1.29, 1.82) is 0 Å². The van der Waals surface area contributed by atoms with Crippen LogP contribution in [-0.4, -0.2) is 21.6 Å². The van der Waals surface area contributed by atoms with E-state index in [2.05, 4.69) is 15.7 Å². The molecule has 27 heavy (non-hydrogen) atoms. The summed E-state index contributed by atoms with van der Waals surface area (Å²) in [6.07, 6.45) is 3.26. The maximum atomic E-state index is 13.7. The number of halogens is 2. The fourth-order valence-corrected chi connectivity index (χ4v) is 2.42. The van der Waals surface area contributed by atoms with Crippen molar-refractivity contribution in [3.8, 4) is 0 Å². The van der Waals surface area contributed by atoms with Gasteiger partial charge in [-0.15, -0.1) is 0 Å². The SMILES string of the molecule is C[C@H](C(=O)Nc1cccc(NC(=O)c2ccc(F)cc2F)c1)n1cccn1. The van der Waals surface area contributed by atoms with Crippen LogP contribution in [0.2, 0.25) is 0 Å². The fourth-order valence-electron chi connectivity index (χ4n) is 2.42. The number of nitrogens with zero attached hydrogens (tertiary/aromatic N) is 2. The van der Waals surface area contributed by atoms with Crippen LogP contribution in [-0.2, 0) is 4.79 Å². The van der Waals surface area contributed by atoms with Crippen LogP contribution >= 0.6 is 0 Å². The Labute approximate surface area is 153 Å². The van der Waals surface area contributed by atoms with Crippen molar-refractivity contribution in [3.63, 3.8) is 0 Å². The van der Waals surface area contributed by atoms with Gasteiger partial charge < -0.3 is 10.6 Å². The number of nitrogens with one attached hydrogen (secondary N) is 2. The minimum absolute atomic E-state index is 0.279. The minimum Gasteiger partial charge on any atom is -0.324 e. The molecule has 138 valence electrons. The van der Waals surface area contributed by atoms with Crippen LogP contribution in [0.25, 0.3) is 0 Å². The van der Waals surface area contributed by atoms with Crippen LogP contribution in [0, 0.1) is 11.6 Å². The van der Waals surface area contributed by atoms with Crippen LogP contribution in [0.1, 0.15) is 23.3 Å². The smallest absolute Gasteiger partial charge is 0.258 e. The molecule has 0 aliphatic carbocycles. The van der Waals surface area contributed by atoms with Gasteiger partial charge in [0.25, 0.3) is 5.91 Å². The molecule has 0 spiro atoms. The highest BCUT2D eigenvalue weighted by Crippen LogP contribution is 2.18. The van der Waals surface area contributed by atoms with Gasteiger partial charge in [-0.2, -0.15) is 5.10 Å². The third-order valence-electron chi connectivity index (χ3n) is 3.86. The van der Waals surface area contributed by atoms with Crippen LogP contribution in [0.5, 0.6) is 0 Å². The third kappa shape index (κ3) is 4.35. The first kappa shape index (κ1) is 18.2. The van der Waals surface area contributed by atoms with Crippen molar-refractivity contribution in [2.24, 2.45) is 0 Å². The lowest BCUT2D eigenvalue weighted by Crippen LogP contribution is -2.24. The van der Waals surface area contributed by atoms with Crippen molar-refractivity contribution in [1.82, 2.24) is 9.78 Å². The van der Waals surface area contributed by atoms with E-state index in [0.29, 0.717) is 17.4 Å². The molecule has 8 heteroatoms. The Hall–Kier alpha value is -3.55. The van der Waals surface area contributed by atoms with Gasteiger partial charge in [-0.25, -0.2) is 8.78 Å². The molecule has 3 aromatic rings. The average Bonchev–Trinajstić information content (AvgIpc) is 3.15. The molecule has 0 unspecified atom stereocenters. The van der Waals surface area contributed by atoms with E-state index in [0.717, 1.165) is 12.1 Å². The summed E-state index contributed by atoms with van der Waals surface area (Å²) in [6.45, 7) is 1.70. The molecule has 0 saturated carbocycles. The molecule has 0 aliphatic rings. The van der Waals surface area contributed by atoms with Crippen LogP contribution in [0.15, 0.2) is 60.9 Å². The Balaban J connectivity index is 1.70. The highest BCUT2D eigenvalue weighted by Gasteiger charge is 2.16. The quantitative estimate of drug-likeness (QED) is 0.720. The second-order valence-corrected chi connectivity index (χ2v) is 5.81. The largest absolute Gasteiger partial charge is 0.324 e. The maximum absolute atomic E-state index is 13.7. The molecule has 0 radical (unpaired) electrons. The Morgan fingerprint density at radius 2 is 1.78 bits per heavy atom. The summed E-state index contributed by atoms with van der Waals surface area (Å²) in [6, 6.07) is 10.3. The lowest BCUT2D eigenvalue weighted by molar-refractivity contribution is -0.119. The molecule has 2 aromatic carbocycles. The van der Waals surface area contributed by atoms with Gasteiger partial charge >= 0.3 is 0 Å². The standard InChI is InChI=1S/C19H16F2N4O2/c1-12(25-9-3-8-22-25)18(26)23-14-4-2-5-15(11-14)24-19(27)16-7-6-13(20)10-17(16)21/h2-12H,1H3,(H,23,26)(H,24,27)/t12-/m1/s1. The molecule has 0 saturated heterocycles. The van der Waals surface area contributed by atoms with Gasteiger partial charge in [0.2, 0.25) is 5.91 Å². The zero-order valence-corrected chi connectivity index (χ0v) is 14.3. The number of amides is 2. The molecule has 0 fully saturated rings. The van der Waals surface area contributed by atoms with Gasteiger partial charge in [0.05, 0.1) is 5.56 Å². The molecular formula is C19H16F2N4O2. The summed E-state index contributed by atoms with van der Waals surface area (Å²) in [4.78, 5) is 24.5. The van der Waals surface area contributed by atoms with Crippen molar-refractivity contribution in [2.45, 2.75) is 13.0 Å². The predicted molar refractivity (Wildman–Crippen MR) is 96.3 cm³/mol. The van der Waals surface area contributed by atoms with Crippen molar-refractivity contribution < 1.29 is 18.4 Å². The molecule has 6 nitrogen and oxygen atoms in total. The molecule has 1 aromatic heterocycles. The van der Waals surface area contributed by atoms with E-state index in [1.165, 1.54) is 10.7 Å². The first-order valence-electron chi connectivity index (χ1n) is 8.10. The zero-order valence-electron chi connectivity index (χ0n) is 14.3. The highest BCUT2D eigenvalue weighted by molar-refractivity contribution is 6.05. The number of benzene rings is 2. The molecule has 2 N–H and O–H groups in total. The van der Waals surface area contributed by atoms with E-state index in [4.69, 9.17) is 0 Å². The van der Waals surface area contributed by atoms with E-state index in [1.807, 2.05) is 0 Å². The summed E-state index contributed by atoms with van der Waals surface area (Å²) in [5.74, 6) is -2.72. The zero-order chi connectivity index (χ0) is 19.4. The van der Waals surface area contributed by atoms with Gasteiger partial charge in [0, 0.05) is 29.8 Å². The van der Waals surface area contributed by atoms with Gasteiger partial charge in [0.15, 0.2) is 0 Å². The lowest BCUT2D eigenvalue weighted by atomic mass is 10.2. The first-order valence-corrected chi connectivity index (χ1v) is 8.10. The molecule has 0 aliphatic heterocycles. The normalized spacial score (nSPS) is 11.7. The van der Waals surface area contributed by atoms with Crippen LogP contribution < -0.4 is 10.6 Å². The van der Waals surface area contributed by atoms with E-state index < -0.39 is 23.6 Å². The number of carbonyl (C=O) groups excluding carboxylic acids is 2. The second kappa shape index (κ2) is 7.77. The third-order valence-corrected chi connectivity index (χ3v) is 3.86. The van der Waals surface area contributed by atoms with E-state index in [-0.39, 0.29) is 11.5 Å². The molecule has 1 heterocycles. The molecule has 0 bridgehead atoms. The van der Waals surface area contributed by atoms with E-state index in [9.17, 15) is 18.4 Å². The number of carbonyl (C=O) groups is 2. The van der Waals surface area contributed by atoms with Gasteiger partial charge in [-0.3, -0.25) is 14.3 Å². The Bertz CT molecular complexity index is 974. The Kier molecular flexibility index (Phi) is 5.25. The van der Waals surface area contributed by atoms with Gasteiger partial charge in [0.1, 0.15) is 17.7 Å². The Morgan fingerprint density at radius 3 is 2.44 bits per heavy atom. The van der Waals surface area contributed by atoms with Gasteiger partial charge in [-0.05, 0) is 43.3 Å². The summed E-state index contributed by atoms with van der Waals surface area (Å²) in [7, 11) is 0. The number of hydrogen-bond acceptors (Lipinski definition) is 3. The van der Waals surface area contributed by atoms with Gasteiger partial charge in [-0.1, -0.05) is 6.07 Å². The monoisotopic (exact) mass is 370 g/mol. The number of anilines is 2. The minimum atomic E-state index is -0.954. The summed E-state index contributed by atoms with van der Waals surface area (Å²) >= 11 is 0. The molecule has 1 atom stereocenters. The highest BCUT2D eigenvalue weighted by atomic mass is 19.1. The average molecular weight is 370 g/mol.